The molecular weight excluding hydrogens is 547 g/mol. The number of amides is 2. The van der Waals surface area contributed by atoms with Gasteiger partial charge >= 0.3 is 229 Å². The molecule has 4 nitrogen and oxygen atoms in total. The number of hydrogen-bond acceptors (Lipinski definition) is 2. The van der Waals surface area contributed by atoms with Crippen LogP contribution in [0.15, 0.2) is 133 Å². The molecule has 1 spiro atoms. The van der Waals surface area contributed by atoms with E-state index in [4.69, 9.17) is 0 Å². The van der Waals surface area contributed by atoms with E-state index in [2.05, 4.69) is 48.5 Å². The van der Waals surface area contributed by atoms with E-state index in [-0.39, 0.29) is 11.8 Å². The van der Waals surface area contributed by atoms with Crippen LogP contribution in [-0.4, -0.2) is 25.1 Å². The van der Waals surface area contributed by atoms with Crippen LogP contribution < -0.4 is 16.8 Å². The van der Waals surface area contributed by atoms with Crippen LogP contribution in [0, 0.1) is 0 Å². The van der Waals surface area contributed by atoms with Gasteiger partial charge in [0.1, 0.15) is 0 Å². The van der Waals surface area contributed by atoms with Gasteiger partial charge in [-0.2, -0.15) is 0 Å². The summed E-state index contributed by atoms with van der Waals surface area (Å²) in [5.74, 6) is -0.117. The van der Waals surface area contributed by atoms with Gasteiger partial charge in [0, 0.05) is 0 Å². The zero-order chi connectivity index (χ0) is 26.1. The van der Waals surface area contributed by atoms with Gasteiger partial charge in [-0.3, -0.25) is 0 Å². The topological polar surface area (TPSA) is 40.6 Å². The monoisotopic (exact) mass is 570 g/mol. The van der Waals surface area contributed by atoms with Crippen LogP contribution in [0.2, 0.25) is 0 Å². The number of carbonyl (C=O) groups excluding carboxylic acids is 2. The number of fused-ring (bicyclic) bond motifs is 6. The quantitative estimate of drug-likeness (QED) is 0.245. The summed E-state index contributed by atoms with van der Waals surface area (Å²) in [6.45, 7) is 0. The van der Waals surface area contributed by atoms with Crippen molar-refractivity contribution < 1.29 is 9.59 Å². The van der Waals surface area contributed by atoms with Crippen molar-refractivity contribution in [3.8, 4) is 0 Å². The molecule has 6 aromatic carbocycles. The summed E-state index contributed by atoms with van der Waals surface area (Å²) in [6, 6.07) is 44.3. The molecule has 0 aromatic heterocycles. The van der Waals surface area contributed by atoms with Crippen LogP contribution in [0.4, 0.5) is 11.4 Å². The first kappa shape index (κ1) is 22.3. The molecule has 0 saturated heterocycles. The zero-order valence-corrected chi connectivity index (χ0v) is 22.5. The fourth-order valence-electron chi connectivity index (χ4n) is 6.11. The predicted octanol–water partition coefficient (Wildman–Crippen LogP) is 5.87. The Balaban J connectivity index is 1.55. The standard InChI is InChI=1S/C34H22N2O2Se/c37-33-27-17-5-7-21-31(27)39(35(33)29-19-9-13-23-11-1-3-15-25(23)29)32-22-8-6-18-28(32)34(38)36(39)30-20-10-14-24-12-2-4-16-26(24)30/h1-22H. The van der Waals surface area contributed by atoms with Gasteiger partial charge in [-0.1, -0.05) is 0 Å². The summed E-state index contributed by atoms with van der Waals surface area (Å²) in [5, 5.41) is 4.10. The Morgan fingerprint density at radius 3 is 1.28 bits per heavy atom. The summed E-state index contributed by atoms with van der Waals surface area (Å²) in [7, 11) is 0. The Bertz CT molecular complexity index is 1840. The molecule has 0 saturated carbocycles. The van der Waals surface area contributed by atoms with E-state index in [0.717, 1.165) is 41.8 Å². The average molecular weight is 570 g/mol. The SMILES string of the molecule is O=C1c2ccccc2[Se]2(c3ccccc3C(=O)N2c2cccc3ccccc23)N1c1cccc2ccccc12. The average Bonchev–Trinajstić information content (AvgIpc) is 3.40. The first-order valence-electron chi connectivity index (χ1n) is 12.9. The Hall–Kier alpha value is -4.70. The molecule has 8 rings (SSSR count). The first-order valence-corrected chi connectivity index (χ1v) is 16.1. The molecule has 186 valence electrons. The van der Waals surface area contributed by atoms with Crippen molar-refractivity contribution in [1.29, 1.82) is 0 Å². The molecule has 2 amide bonds. The molecule has 6 aromatic rings. The Morgan fingerprint density at radius 2 is 0.795 bits per heavy atom. The van der Waals surface area contributed by atoms with Gasteiger partial charge in [0.05, 0.1) is 0 Å². The molecule has 0 radical (unpaired) electrons. The van der Waals surface area contributed by atoms with Crippen LogP contribution >= 0.6 is 0 Å². The first-order chi connectivity index (χ1) is 19.2. The van der Waals surface area contributed by atoms with Gasteiger partial charge < -0.3 is 0 Å². The second-order valence-corrected chi connectivity index (χ2v) is 15.4. The maximum atomic E-state index is 14.6. The number of anilines is 2. The normalized spacial score (nSPS) is 16.2. The van der Waals surface area contributed by atoms with Crippen molar-refractivity contribution in [3.05, 3.63) is 145 Å². The van der Waals surface area contributed by atoms with Crippen molar-refractivity contribution in [2.75, 3.05) is 7.83 Å². The molecule has 5 heteroatoms. The van der Waals surface area contributed by atoms with Gasteiger partial charge in [0.2, 0.25) is 0 Å². The van der Waals surface area contributed by atoms with Crippen molar-refractivity contribution in [3.63, 3.8) is 0 Å². The van der Waals surface area contributed by atoms with Crippen LogP contribution in [0.5, 0.6) is 0 Å². The number of nitrogens with zero attached hydrogens (tertiary/aromatic N) is 2. The van der Waals surface area contributed by atoms with E-state index < -0.39 is 13.3 Å². The molecule has 2 heterocycles. The van der Waals surface area contributed by atoms with Crippen LogP contribution in [-0.2, 0) is 0 Å². The van der Waals surface area contributed by atoms with Crippen LogP contribution in [0.1, 0.15) is 20.7 Å². The molecule has 0 aliphatic carbocycles. The molecule has 2 aliphatic rings. The molecule has 0 N–H and O–H groups in total. The van der Waals surface area contributed by atoms with E-state index in [1.807, 2.05) is 92.8 Å². The zero-order valence-electron chi connectivity index (χ0n) is 20.8. The van der Waals surface area contributed by atoms with Gasteiger partial charge in [-0.05, 0) is 0 Å². The van der Waals surface area contributed by atoms with Gasteiger partial charge in [0.15, 0.2) is 0 Å². The van der Waals surface area contributed by atoms with E-state index in [9.17, 15) is 9.59 Å². The third-order valence-corrected chi connectivity index (χ3v) is 15.5. The summed E-state index contributed by atoms with van der Waals surface area (Å²) < 4.78 is 5.93. The molecule has 0 fully saturated rings. The van der Waals surface area contributed by atoms with E-state index in [1.165, 1.54) is 0 Å². The Labute approximate surface area is 228 Å². The van der Waals surface area contributed by atoms with E-state index in [1.54, 1.807) is 0 Å². The fourth-order valence-corrected chi connectivity index (χ4v) is 14.9. The molecule has 0 unspecified atom stereocenters. The maximum absolute atomic E-state index is 14.6. The minimum absolute atomic E-state index is 0.0586. The van der Waals surface area contributed by atoms with E-state index in [0.29, 0.717) is 11.1 Å². The Morgan fingerprint density at radius 1 is 0.410 bits per heavy atom. The van der Waals surface area contributed by atoms with Crippen LogP contribution in [0.25, 0.3) is 21.5 Å². The Kier molecular flexibility index (Phi) is 4.66. The van der Waals surface area contributed by atoms with Crippen molar-refractivity contribution in [1.82, 2.24) is 0 Å². The number of benzene rings is 6. The van der Waals surface area contributed by atoms with Gasteiger partial charge in [-0.25, -0.2) is 0 Å². The third kappa shape index (κ3) is 2.83. The molecular formula is C34H22N2O2Se. The summed E-state index contributed by atoms with van der Waals surface area (Å²) in [4.78, 5) is 29.2. The second-order valence-electron chi connectivity index (χ2n) is 9.74. The summed E-state index contributed by atoms with van der Waals surface area (Å²) in [6.07, 6.45) is 0. The van der Waals surface area contributed by atoms with Crippen molar-refractivity contribution in [2.45, 2.75) is 0 Å². The molecule has 0 atom stereocenters. The summed E-state index contributed by atoms with van der Waals surface area (Å²) in [5.41, 5.74) is 3.01. The van der Waals surface area contributed by atoms with Gasteiger partial charge in [0.25, 0.3) is 0 Å². The molecule has 2 aliphatic heterocycles. The number of hydrogen-bond donors (Lipinski definition) is 0. The van der Waals surface area contributed by atoms with Gasteiger partial charge in [-0.15, -0.1) is 0 Å². The molecule has 39 heavy (non-hydrogen) atoms. The minimum atomic E-state index is -3.72. The summed E-state index contributed by atoms with van der Waals surface area (Å²) >= 11 is -3.72. The third-order valence-electron chi connectivity index (χ3n) is 7.72. The van der Waals surface area contributed by atoms with Crippen LogP contribution in [0.3, 0.4) is 0 Å². The molecule has 0 bridgehead atoms. The number of carbonyl (C=O) groups is 2. The predicted molar refractivity (Wildman–Crippen MR) is 159 cm³/mol. The number of rotatable bonds is 2. The fraction of sp³-hybridized carbons (Fsp3) is 0. The second kappa shape index (κ2) is 8.15. The van der Waals surface area contributed by atoms with E-state index >= 15 is 0 Å². The van der Waals surface area contributed by atoms with Crippen molar-refractivity contribution >= 4 is 66.9 Å². The van der Waals surface area contributed by atoms with Crippen molar-refractivity contribution in [2.24, 2.45) is 0 Å².